The highest BCUT2D eigenvalue weighted by Gasteiger charge is 2.35. The van der Waals surface area contributed by atoms with Gasteiger partial charge < -0.3 is 10.1 Å². The minimum atomic E-state index is -0.333. The first-order valence-corrected chi connectivity index (χ1v) is 10.1. The SMILES string of the molecule is CCOc1ccc(CN2C(=O)c3ccccc3C2=O)cc1C(=O)Nc1ccc(C)cc1. The molecule has 1 aliphatic heterocycles. The first-order valence-electron chi connectivity index (χ1n) is 10.1. The number of rotatable bonds is 6. The number of fused-ring (bicyclic) bond motifs is 1. The van der Waals surface area contributed by atoms with Gasteiger partial charge in [0.1, 0.15) is 5.75 Å². The molecule has 1 N–H and O–H groups in total. The summed E-state index contributed by atoms with van der Waals surface area (Å²) in [4.78, 5) is 39.5. The van der Waals surface area contributed by atoms with Gasteiger partial charge in [-0.05, 0) is 55.8 Å². The van der Waals surface area contributed by atoms with Crippen molar-refractivity contribution in [3.63, 3.8) is 0 Å². The fraction of sp³-hybridized carbons (Fsp3) is 0.160. The smallest absolute Gasteiger partial charge is 0.261 e. The number of ether oxygens (including phenoxy) is 1. The molecule has 0 saturated heterocycles. The van der Waals surface area contributed by atoms with Crippen molar-refractivity contribution in [2.45, 2.75) is 20.4 Å². The summed E-state index contributed by atoms with van der Waals surface area (Å²) < 4.78 is 5.62. The maximum Gasteiger partial charge on any atom is 0.261 e. The van der Waals surface area contributed by atoms with Crippen LogP contribution >= 0.6 is 0 Å². The minimum absolute atomic E-state index is 0.0730. The van der Waals surface area contributed by atoms with Crippen molar-refractivity contribution < 1.29 is 19.1 Å². The molecule has 0 aromatic heterocycles. The van der Waals surface area contributed by atoms with E-state index in [1.165, 1.54) is 4.90 Å². The van der Waals surface area contributed by atoms with Gasteiger partial charge in [-0.25, -0.2) is 0 Å². The molecule has 0 spiro atoms. The third-order valence-corrected chi connectivity index (χ3v) is 5.12. The minimum Gasteiger partial charge on any atom is -0.493 e. The van der Waals surface area contributed by atoms with E-state index in [2.05, 4.69) is 5.32 Å². The Hall–Kier alpha value is -3.93. The van der Waals surface area contributed by atoms with Crippen LogP contribution < -0.4 is 10.1 Å². The van der Waals surface area contributed by atoms with Gasteiger partial charge in [-0.2, -0.15) is 0 Å². The second kappa shape index (κ2) is 8.44. The Bertz CT molecular complexity index is 1130. The van der Waals surface area contributed by atoms with Crippen LogP contribution in [0.5, 0.6) is 5.75 Å². The summed E-state index contributed by atoms with van der Waals surface area (Å²) in [5, 5.41) is 2.87. The number of nitrogens with one attached hydrogen (secondary N) is 1. The highest BCUT2D eigenvalue weighted by molar-refractivity contribution is 6.21. The Balaban J connectivity index is 1.60. The van der Waals surface area contributed by atoms with E-state index in [1.807, 2.05) is 38.1 Å². The molecule has 3 aromatic rings. The van der Waals surface area contributed by atoms with Crippen molar-refractivity contribution in [3.8, 4) is 5.75 Å². The molecule has 31 heavy (non-hydrogen) atoms. The number of imide groups is 1. The van der Waals surface area contributed by atoms with Gasteiger partial charge in [0, 0.05) is 5.69 Å². The van der Waals surface area contributed by atoms with Crippen LogP contribution in [0.3, 0.4) is 0 Å². The highest BCUT2D eigenvalue weighted by atomic mass is 16.5. The summed E-state index contributed by atoms with van der Waals surface area (Å²) in [5.41, 5.74) is 3.56. The third kappa shape index (κ3) is 4.05. The molecule has 6 heteroatoms. The van der Waals surface area contributed by atoms with E-state index >= 15 is 0 Å². The number of carbonyl (C=O) groups excluding carboxylic acids is 3. The Morgan fingerprint density at radius 2 is 1.58 bits per heavy atom. The summed E-state index contributed by atoms with van der Waals surface area (Å²) in [7, 11) is 0. The van der Waals surface area contributed by atoms with E-state index in [0.717, 1.165) is 5.56 Å². The average molecular weight is 414 g/mol. The van der Waals surface area contributed by atoms with Gasteiger partial charge in [0.05, 0.1) is 29.8 Å². The van der Waals surface area contributed by atoms with E-state index in [0.29, 0.717) is 40.3 Å². The fourth-order valence-electron chi connectivity index (χ4n) is 3.53. The predicted molar refractivity (Wildman–Crippen MR) is 117 cm³/mol. The molecule has 0 radical (unpaired) electrons. The molecule has 3 amide bonds. The number of hydrogen-bond acceptors (Lipinski definition) is 4. The Morgan fingerprint density at radius 3 is 2.19 bits per heavy atom. The summed E-state index contributed by atoms with van der Waals surface area (Å²) in [6, 6.07) is 19.4. The zero-order valence-corrected chi connectivity index (χ0v) is 17.3. The number of hydrogen-bond donors (Lipinski definition) is 1. The molecule has 3 aromatic carbocycles. The maximum absolute atomic E-state index is 13.0. The summed E-state index contributed by atoms with van der Waals surface area (Å²) in [5.74, 6) is -0.546. The van der Waals surface area contributed by atoms with Gasteiger partial charge in [-0.15, -0.1) is 0 Å². The molecule has 0 aliphatic carbocycles. The standard InChI is InChI=1S/C25H22N2O4/c1-3-31-22-13-10-17(14-21(22)23(28)26-18-11-8-16(2)9-12-18)15-27-24(29)19-6-4-5-7-20(19)25(27)30/h4-14H,3,15H2,1-2H3,(H,26,28). The Kier molecular flexibility index (Phi) is 5.54. The number of carbonyl (C=O) groups is 3. The topological polar surface area (TPSA) is 75.7 Å². The van der Waals surface area contributed by atoms with Gasteiger partial charge in [0.2, 0.25) is 0 Å². The van der Waals surface area contributed by atoms with Gasteiger partial charge in [-0.1, -0.05) is 35.9 Å². The van der Waals surface area contributed by atoms with Crippen LogP contribution in [0.2, 0.25) is 0 Å². The normalized spacial score (nSPS) is 12.6. The van der Waals surface area contributed by atoms with Crippen molar-refractivity contribution in [1.82, 2.24) is 4.90 Å². The number of aryl methyl sites for hydroxylation is 1. The fourth-order valence-corrected chi connectivity index (χ4v) is 3.53. The lowest BCUT2D eigenvalue weighted by Crippen LogP contribution is -2.29. The van der Waals surface area contributed by atoms with Crippen LogP contribution in [0.25, 0.3) is 0 Å². The van der Waals surface area contributed by atoms with E-state index < -0.39 is 0 Å². The summed E-state index contributed by atoms with van der Waals surface area (Å²) in [6.07, 6.45) is 0. The highest BCUT2D eigenvalue weighted by Crippen LogP contribution is 2.27. The zero-order chi connectivity index (χ0) is 22.0. The largest absolute Gasteiger partial charge is 0.493 e. The second-order valence-corrected chi connectivity index (χ2v) is 7.33. The molecule has 0 saturated carbocycles. The molecule has 156 valence electrons. The second-order valence-electron chi connectivity index (χ2n) is 7.33. The van der Waals surface area contributed by atoms with Crippen molar-refractivity contribution in [2.24, 2.45) is 0 Å². The van der Waals surface area contributed by atoms with Crippen LogP contribution in [-0.4, -0.2) is 29.2 Å². The quantitative estimate of drug-likeness (QED) is 0.605. The van der Waals surface area contributed by atoms with Gasteiger partial charge in [-0.3, -0.25) is 19.3 Å². The third-order valence-electron chi connectivity index (χ3n) is 5.12. The number of nitrogens with zero attached hydrogens (tertiary/aromatic N) is 1. The van der Waals surface area contributed by atoms with Crippen molar-refractivity contribution in [1.29, 1.82) is 0 Å². The number of anilines is 1. The molecular formula is C25H22N2O4. The summed E-state index contributed by atoms with van der Waals surface area (Å²) >= 11 is 0. The predicted octanol–water partition coefficient (Wildman–Crippen LogP) is 4.44. The van der Waals surface area contributed by atoms with Crippen molar-refractivity contribution in [2.75, 3.05) is 11.9 Å². The number of benzene rings is 3. The molecule has 0 atom stereocenters. The first-order chi connectivity index (χ1) is 15.0. The molecule has 4 rings (SSSR count). The maximum atomic E-state index is 13.0. The van der Waals surface area contributed by atoms with Gasteiger partial charge >= 0.3 is 0 Å². The van der Waals surface area contributed by atoms with E-state index in [1.54, 1.807) is 42.5 Å². The molecule has 0 unspecified atom stereocenters. The van der Waals surface area contributed by atoms with E-state index in [9.17, 15) is 14.4 Å². The van der Waals surface area contributed by atoms with Crippen LogP contribution in [0.4, 0.5) is 5.69 Å². The lowest BCUT2D eigenvalue weighted by molar-refractivity contribution is 0.0642. The lowest BCUT2D eigenvalue weighted by Gasteiger charge is -2.16. The molecule has 1 heterocycles. The molecule has 0 bridgehead atoms. The van der Waals surface area contributed by atoms with E-state index in [-0.39, 0.29) is 24.3 Å². The van der Waals surface area contributed by atoms with Crippen LogP contribution in [0.15, 0.2) is 66.7 Å². The monoisotopic (exact) mass is 414 g/mol. The number of amides is 3. The Labute approximate surface area is 180 Å². The first kappa shape index (κ1) is 20.3. The van der Waals surface area contributed by atoms with Crippen LogP contribution in [-0.2, 0) is 6.54 Å². The van der Waals surface area contributed by atoms with Crippen molar-refractivity contribution >= 4 is 23.4 Å². The van der Waals surface area contributed by atoms with Gasteiger partial charge in [0.15, 0.2) is 0 Å². The zero-order valence-electron chi connectivity index (χ0n) is 17.3. The molecular weight excluding hydrogens is 392 g/mol. The Morgan fingerprint density at radius 1 is 0.935 bits per heavy atom. The summed E-state index contributed by atoms with van der Waals surface area (Å²) in [6.45, 7) is 4.29. The molecule has 0 fully saturated rings. The van der Waals surface area contributed by atoms with E-state index in [4.69, 9.17) is 4.74 Å². The average Bonchev–Trinajstić information content (AvgIpc) is 3.01. The van der Waals surface area contributed by atoms with Crippen molar-refractivity contribution in [3.05, 3.63) is 94.5 Å². The molecule has 6 nitrogen and oxygen atoms in total. The molecule has 1 aliphatic rings. The van der Waals surface area contributed by atoms with Crippen LogP contribution in [0.1, 0.15) is 49.1 Å². The van der Waals surface area contributed by atoms with Gasteiger partial charge in [0.25, 0.3) is 17.7 Å². The lowest BCUT2D eigenvalue weighted by atomic mass is 10.1. The van der Waals surface area contributed by atoms with Crippen LogP contribution in [0, 0.1) is 6.92 Å².